The predicted molar refractivity (Wildman–Crippen MR) is 314 cm³/mol. The molecule has 0 aliphatic carbocycles. The lowest BCUT2D eigenvalue weighted by molar-refractivity contribution is -0.571. The van der Waals surface area contributed by atoms with Crippen molar-refractivity contribution in [1.29, 1.82) is 0 Å². The van der Waals surface area contributed by atoms with Gasteiger partial charge >= 0.3 is 0 Å². The van der Waals surface area contributed by atoms with Crippen molar-refractivity contribution in [2.75, 3.05) is 0 Å². The van der Waals surface area contributed by atoms with Crippen LogP contribution < -0.4 is 4.57 Å². The van der Waals surface area contributed by atoms with Crippen LogP contribution in [0, 0.1) is 20.2 Å². The van der Waals surface area contributed by atoms with Crippen molar-refractivity contribution in [3.63, 3.8) is 0 Å². The fraction of sp³-hybridized carbons (Fsp3) is 0.0882. The van der Waals surface area contributed by atoms with Crippen LogP contribution in [0.25, 0.3) is 134 Å². The van der Waals surface area contributed by atoms with Crippen LogP contribution in [0.3, 0.4) is 0 Å². The zero-order valence-electron chi connectivity index (χ0n) is 52.8. The molecule has 7 heterocycles. The molecule has 16 rings (SSSR count). The predicted octanol–water partition coefficient (Wildman–Crippen LogP) is 15.7. The lowest BCUT2D eigenvalue weighted by Gasteiger charge is -2.19. The Balaban J connectivity index is 1.04. The van der Waals surface area contributed by atoms with Crippen LogP contribution in [-0.2, 0) is 5.41 Å². The van der Waals surface area contributed by atoms with Crippen molar-refractivity contribution in [3.05, 3.63) is 229 Å². The van der Waals surface area contributed by atoms with Crippen molar-refractivity contribution < 1.29 is 22.7 Å². The van der Waals surface area contributed by atoms with E-state index in [2.05, 4.69) is 113 Å². The second kappa shape index (κ2) is 16.2. The quantitative estimate of drug-likeness (QED) is 0.123. The number of nitrogens with zero attached hydrogens (tertiary/aromatic N) is 9. The summed E-state index contributed by atoms with van der Waals surface area (Å²) >= 11 is 0. The first-order chi connectivity index (χ1) is 42.3. The minimum Gasteiger partial charge on any atom is -0.454 e. The number of furan rings is 1. The zero-order valence-corrected chi connectivity index (χ0v) is 42.8. The Morgan fingerprint density at radius 1 is 0.551 bits per heavy atom. The molecule has 0 saturated carbocycles. The summed E-state index contributed by atoms with van der Waals surface area (Å²) in [5.41, 5.74) is 13.6. The first-order valence-corrected chi connectivity index (χ1v) is 25.7. The lowest BCUT2D eigenvalue weighted by atomic mass is 9.88. The molecule has 0 bridgehead atoms. The molecule has 78 heavy (non-hydrogen) atoms. The van der Waals surface area contributed by atoms with Crippen molar-refractivity contribution >= 4 is 88.7 Å². The first-order valence-electron chi connectivity index (χ1n) is 30.7. The highest BCUT2D eigenvalue weighted by atomic mass is 16.3. The Labute approximate surface area is 461 Å². The Kier molecular flexibility index (Phi) is 7.33. The van der Waals surface area contributed by atoms with E-state index in [-0.39, 0.29) is 33.4 Å². The van der Waals surface area contributed by atoms with E-state index < -0.39 is 60.4 Å². The Hall–Kier alpha value is -10.1. The molecule has 0 N–H and O–H groups in total. The number of benzene rings is 9. The smallest absolute Gasteiger partial charge is 0.269 e. The van der Waals surface area contributed by atoms with Gasteiger partial charge in [-0.3, -0.25) is 27.1 Å². The van der Waals surface area contributed by atoms with E-state index >= 15 is 0 Å². The third-order valence-corrected chi connectivity index (χ3v) is 15.3. The molecule has 0 saturated heterocycles. The molecule has 9 aromatic carbocycles. The fourth-order valence-corrected chi connectivity index (χ4v) is 11.7. The molecule has 0 amide bonds. The highest BCUT2D eigenvalue weighted by Crippen LogP contribution is 2.42. The minimum atomic E-state index is -0.581. The zero-order chi connectivity index (χ0) is 60.8. The van der Waals surface area contributed by atoms with Crippen LogP contribution in [0.2, 0.25) is 0 Å². The summed E-state index contributed by atoms with van der Waals surface area (Å²) in [6, 6.07) is 39.9. The Bertz CT molecular complexity index is 5650. The standard InChI is InChI=1S/C68H49N9O/c1-41-19-16-30-53-62(41)70-66-74(53)55-38-57-58(77(61-35-45(33-34-69-61)68(3,4)5)67-71-63-42(2)20-17-31-54(63)75(57)67)39-56(55)76(66)59-37-46(36-50-49-25-12-15-32-60(49)78-65(50)59)72-40-73(52-29-14-13-28-51(52)72)64-47(43-21-8-6-9-22-43)26-18-27-48(64)44-23-10-7-11-24-44/h6-39H,1-5H3/i6D,7D,8D,9D,10D,11D,21D,22D,23D,24D. The molecule has 372 valence electrons. The van der Waals surface area contributed by atoms with Gasteiger partial charge in [-0.15, -0.1) is 0 Å². The molecule has 0 aliphatic heterocycles. The minimum absolute atomic E-state index is 0.136. The summed E-state index contributed by atoms with van der Waals surface area (Å²) in [5.74, 6) is 2.02. The molecule has 0 fully saturated rings. The van der Waals surface area contributed by atoms with Gasteiger partial charge in [0.1, 0.15) is 11.4 Å². The largest absolute Gasteiger partial charge is 0.454 e. The molecule has 10 heteroatoms. The number of aromatic nitrogens is 9. The summed E-state index contributed by atoms with van der Waals surface area (Å²) in [5, 5.41) is 1.60. The molecule has 0 atom stereocenters. The number of hydrogen-bond donors (Lipinski definition) is 0. The van der Waals surface area contributed by atoms with Gasteiger partial charge in [-0.1, -0.05) is 166 Å². The van der Waals surface area contributed by atoms with Gasteiger partial charge < -0.3 is 4.42 Å². The van der Waals surface area contributed by atoms with Gasteiger partial charge in [0.15, 0.2) is 5.58 Å². The summed E-state index contributed by atoms with van der Waals surface area (Å²) < 4.78 is 109. The summed E-state index contributed by atoms with van der Waals surface area (Å²) in [6.45, 7) is 10.7. The van der Waals surface area contributed by atoms with E-state index in [4.69, 9.17) is 27.6 Å². The van der Waals surface area contributed by atoms with Gasteiger partial charge in [-0.25, -0.2) is 15.0 Å². The number of para-hydroxylation sites is 6. The van der Waals surface area contributed by atoms with E-state index in [1.165, 1.54) is 0 Å². The highest BCUT2D eigenvalue weighted by Gasteiger charge is 2.28. The third-order valence-electron chi connectivity index (χ3n) is 15.3. The molecule has 10 nitrogen and oxygen atoms in total. The van der Waals surface area contributed by atoms with Gasteiger partial charge in [-0.05, 0) is 113 Å². The molecular formula is C68H49N9O. The van der Waals surface area contributed by atoms with Crippen LogP contribution >= 0.6 is 0 Å². The SMILES string of the molecule is [2H]c1c([2H])c([2H])c(-c2cccc(-c3c([2H])c([2H])c([2H])c([2H])c3[2H])c2-[n+]2[c-]n(-c3cc(-n4c5cc6c(cc5n5c7cccc(C)c7nc45)n4c5cccc(C)c5nc4n6-c4cc(C(C)(C)C)ccn4)c4oc5ccccc5c4c3)c3ccccc32)c([2H])c1[2H]. The number of fused-ring (bicyclic) bond motifs is 14. The van der Waals surface area contributed by atoms with Gasteiger partial charge in [0.2, 0.25) is 11.6 Å². The van der Waals surface area contributed by atoms with Crippen LogP contribution in [0.15, 0.2) is 211 Å². The number of rotatable bonds is 6. The monoisotopic (exact) mass is 1020 g/mol. The number of hydrogen-bond acceptors (Lipinski definition) is 4. The van der Waals surface area contributed by atoms with Crippen LogP contribution in [0.1, 0.15) is 51.2 Å². The molecule has 0 radical (unpaired) electrons. The first kappa shape index (κ1) is 35.2. The van der Waals surface area contributed by atoms with Crippen molar-refractivity contribution in [1.82, 2.24) is 37.5 Å². The maximum atomic E-state index is 9.28. The Morgan fingerprint density at radius 2 is 1.14 bits per heavy atom. The van der Waals surface area contributed by atoms with E-state index in [0.29, 0.717) is 50.9 Å². The van der Waals surface area contributed by atoms with Crippen molar-refractivity contribution in [2.24, 2.45) is 0 Å². The van der Waals surface area contributed by atoms with E-state index in [1.807, 2.05) is 77.5 Å². The molecule has 16 aromatic rings. The molecule has 0 aliphatic rings. The highest BCUT2D eigenvalue weighted by molar-refractivity contribution is 6.10. The second-order valence-electron chi connectivity index (χ2n) is 20.9. The number of imidazole rings is 5. The normalized spacial score (nSPS) is 14.2. The fourth-order valence-electron chi connectivity index (χ4n) is 11.7. The van der Waals surface area contributed by atoms with E-state index in [0.717, 1.165) is 71.6 Å². The van der Waals surface area contributed by atoms with Gasteiger partial charge in [-0.2, -0.15) is 0 Å². The molecule has 0 unspecified atom stereocenters. The second-order valence-corrected chi connectivity index (χ2v) is 20.9. The third kappa shape index (κ3) is 6.31. The van der Waals surface area contributed by atoms with Crippen LogP contribution in [0.5, 0.6) is 0 Å². The summed E-state index contributed by atoms with van der Waals surface area (Å²) in [7, 11) is 0. The maximum Gasteiger partial charge on any atom is 0.269 e. The van der Waals surface area contributed by atoms with Gasteiger partial charge in [0.25, 0.3) is 6.33 Å². The molecule has 7 aromatic heterocycles. The summed E-state index contributed by atoms with van der Waals surface area (Å²) in [4.78, 5) is 16.0. The molecule has 0 spiro atoms. The average molecular weight is 1020 g/mol. The van der Waals surface area contributed by atoms with Crippen molar-refractivity contribution in [3.8, 4) is 45.1 Å². The van der Waals surface area contributed by atoms with Crippen molar-refractivity contribution in [2.45, 2.75) is 40.0 Å². The van der Waals surface area contributed by atoms with Crippen LogP contribution in [0.4, 0.5) is 0 Å². The van der Waals surface area contributed by atoms with E-state index in [1.54, 1.807) is 22.8 Å². The topological polar surface area (TPSA) is 79.3 Å². The Morgan fingerprint density at radius 3 is 1.82 bits per heavy atom. The van der Waals surface area contributed by atoms with Gasteiger partial charge in [0.05, 0.1) is 85.9 Å². The van der Waals surface area contributed by atoms with E-state index in [9.17, 15) is 5.48 Å². The number of aryl methyl sites for hydroxylation is 2. The van der Waals surface area contributed by atoms with Crippen LogP contribution in [-0.4, -0.2) is 37.5 Å². The summed E-state index contributed by atoms with van der Waals surface area (Å²) in [6.07, 6.45) is 5.48. The average Bonchev–Trinajstić information content (AvgIpc) is 1.57. The number of pyridine rings is 1. The maximum absolute atomic E-state index is 9.28. The lowest BCUT2D eigenvalue weighted by Crippen LogP contribution is -2.31. The molecular weight excluding hydrogens is 959 g/mol. The van der Waals surface area contributed by atoms with Gasteiger partial charge in [0, 0.05) is 17.0 Å².